The zero-order chi connectivity index (χ0) is 14.9. The molecule has 1 aromatic carbocycles. The molecule has 0 aliphatic heterocycles. The molecule has 0 N–H and O–H groups in total. The van der Waals surface area contributed by atoms with Crippen LogP contribution in [0.25, 0.3) is 0 Å². The van der Waals surface area contributed by atoms with Crippen molar-refractivity contribution < 1.29 is 14.1 Å². The molecule has 20 heavy (non-hydrogen) atoms. The van der Waals surface area contributed by atoms with Crippen LogP contribution in [0, 0.1) is 29.8 Å². The summed E-state index contributed by atoms with van der Waals surface area (Å²) in [4.78, 5) is 13.9. The first-order valence-electron chi connectivity index (χ1n) is 5.63. The highest BCUT2D eigenvalue weighted by Gasteiger charge is 2.17. The number of nitro benzene ring substituents is 1. The number of pyridine rings is 1. The first kappa shape index (κ1) is 14.2. The predicted molar refractivity (Wildman–Crippen MR) is 71.8 cm³/mol. The lowest BCUT2D eigenvalue weighted by atomic mass is 10.2. The number of hydrogen-bond donors (Lipinski definition) is 0. The van der Waals surface area contributed by atoms with Gasteiger partial charge in [-0.2, -0.15) is 0 Å². The molecule has 0 atom stereocenters. The van der Waals surface area contributed by atoms with E-state index in [4.69, 9.17) is 16.3 Å². The molecule has 5 nitrogen and oxygen atoms in total. The van der Waals surface area contributed by atoms with Gasteiger partial charge in [0.2, 0.25) is 0 Å². The normalized spacial score (nSPS) is 10.4. The number of ether oxygens (including phenoxy) is 1. The second-order valence-corrected chi connectivity index (χ2v) is 4.59. The summed E-state index contributed by atoms with van der Waals surface area (Å²) in [5.74, 6) is -0.565. The summed E-state index contributed by atoms with van der Waals surface area (Å²) in [7, 11) is 0. The van der Waals surface area contributed by atoms with Crippen molar-refractivity contribution in [2.24, 2.45) is 0 Å². The summed E-state index contributed by atoms with van der Waals surface area (Å²) in [6, 6.07) is 3.57. The average Bonchev–Trinajstić information content (AvgIpc) is 2.37. The lowest BCUT2D eigenvalue weighted by Crippen LogP contribution is -1.97. The van der Waals surface area contributed by atoms with E-state index in [1.807, 2.05) is 0 Å². The third kappa shape index (κ3) is 2.85. The fourth-order valence-corrected chi connectivity index (χ4v) is 1.78. The molecule has 2 rings (SSSR count). The Kier molecular flexibility index (Phi) is 3.85. The van der Waals surface area contributed by atoms with E-state index >= 15 is 0 Å². The Morgan fingerprint density at radius 2 is 1.95 bits per heavy atom. The van der Waals surface area contributed by atoms with Gasteiger partial charge in [0.05, 0.1) is 11.0 Å². The van der Waals surface area contributed by atoms with Crippen LogP contribution in [0.5, 0.6) is 11.5 Å². The molecule has 1 aromatic heterocycles. The number of aryl methyl sites for hydroxylation is 2. The Hall–Kier alpha value is -2.21. The van der Waals surface area contributed by atoms with Gasteiger partial charge < -0.3 is 4.74 Å². The van der Waals surface area contributed by atoms with Gasteiger partial charge in [0.15, 0.2) is 11.6 Å². The molecule has 0 amide bonds. The number of hydrogen-bond acceptors (Lipinski definition) is 4. The Bertz CT molecular complexity index is 692. The summed E-state index contributed by atoms with van der Waals surface area (Å²) >= 11 is 5.75. The zero-order valence-electron chi connectivity index (χ0n) is 10.7. The van der Waals surface area contributed by atoms with Gasteiger partial charge in [-0.3, -0.25) is 10.1 Å². The maximum atomic E-state index is 13.8. The predicted octanol–water partition coefficient (Wildman–Crippen LogP) is 4.19. The fraction of sp³-hybridized carbons (Fsp3) is 0.154. The van der Waals surface area contributed by atoms with Crippen molar-refractivity contribution in [3.05, 3.63) is 56.6 Å². The molecule has 0 aliphatic carbocycles. The van der Waals surface area contributed by atoms with Crippen molar-refractivity contribution in [3.8, 4) is 11.5 Å². The second kappa shape index (κ2) is 5.42. The highest BCUT2D eigenvalue weighted by atomic mass is 35.5. The lowest BCUT2D eigenvalue weighted by molar-refractivity contribution is -0.385. The topological polar surface area (TPSA) is 65.3 Å². The van der Waals surface area contributed by atoms with Crippen molar-refractivity contribution >= 4 is 17.3 Å². The Morgan fingerprint density at radius 3 is 2.60 bits per heavy atom. The number of nitro groups is 1. The van der Waals surface area contributed by atoms with Crippen LogP contribution >= 0.6 is 11.6 Å². The Labute approximate surface area is 119 Å². The molecule has 0 spiro atoms. The van der Waals surface area contributed by atoms with Gasteiger partial charge in [0.25, 0.3) is 5.69 Å². The Morgan fingerprint density at radius 1 is 1.25 bits per heavy atom. The van der Waals surface area contributed by atoms with Gasteiger partial charge in [-0.25, -0.2) is 9.37 Å². The van der Waals surface area contributed by atoms with Gasteiger partial charge in [-0.1, -0.05) is 11.6 Å². The minimum atomic E-state index is -0.811. The molecule has 7 heteroatoms. The molecular formula is C13H10ClFN2O3. The molecule has 0 fully saturated rings. The number of nitrogens with zero attached hydrogens (tertiary/aromatic N) is 2. The van der Waals surface area contributed by atoms with E-state index < -0.39 is 10.7 Å². The minimum Gasteiger partial charge on any atom is -0.454 e. The number of halogens is 2. The molecule has 0 bridgehead atoms. The minimum absolute atomic E-state index is 0.0986. The Balaban J connectivity index is 2.42. The second-order valence-electron chi connectivity index (χ2n) is 4.20. The van der Waals surface area contributed by atoms with Crippen LogP contribution in [0.3, 0.4) is 0 Å². The molecule has 0 unspecified atom stereocenters. The maximum absolute atomic E-state index is 13.8. The van der Waals surface area contributed by atoms with Gasteiger partial charge >= 0.3 is 0 Å². The maximum Gasteiger partial charge on any atom is 0.275 e. The standard InChI is InChI=1S/C13H10ClFN2O3/c1-7-3-12(9(15)4-10(7)17(18)19)20-11-5-13(14)16-6-8(11)2/h3-6H,1-2H3. The SMILES string of the molecule is Cc1cnc(Cl)cc1Oc1cc(C)c([N+](=O)[O-])cc1F. The summed E-state index contributed by atoms with van der Waals surface area (Å²) in [5, 5.41) is 10.9. The van der Waals surface area contributed by atoms with Crippen LogP contribution in [-0.4, -0.2) is 9.91 Å². The monoisotopic (exact) mass is 296 g/mol. The van der Waals surface area contributed by atoms with E-state index in [0.29, 0.717) is 16.9 Å². The number of rotatable bonds is 3. The molecule has 1 heterocycles. The molecule has 0 aliphatic rings. The summed E-state index contributed by atoms with van der Waals surface area (Å²) < 4.78 is 19.2. The van der Waals surface area contributed by atoms with Gasteiger partial charge in [-0.05, 0) is 19.9 Å². The van der Waals surface area contributed by atoms with Gasteiger partial charge in [0.1, 0.15) is 10.9 Å². The molecular weight excluding hydrogens is 287 g/mol. The third-order valence-corrected chi connectivity index (χ3v) is 2.89. The summed E-state index contributed by atoms with van der Waals surface area (Å²) in [5.41, 5.74) is 0.688. The van der Waals surface area contributed by atoms with Crippen LogP contribution in [0.2, 0.25) is 5.15 Å². The summed E-state index contributed by atoms with van der Waals surface area (Å²) in [6.07, 6.45) is 1.49. The average molecular weight is 297 g/mol. The van der Waals surface area contributed by atoms with Crippen molar-refractivity contribution in [2.45, 2.75) is 13.8 Å². The van der Waals surface area contributed by atoms with Crippen LogP contribution in [0.4, 0.5) is 10.1 Å². The number of benzene rings is 1. The largest absolute Gasteiger partial charge is 0.454 e. The smallest absolute Gasteiger partial charge is 0.275 e. The van der Waals surface area contributed by atoms with E-state index in [0.717, 1.165) is 6.07 Å². The summed E-state index contributed by atoms with van der Waals surface area (Å²) in [6.45, 7) is 3.24. The van der Waals surface area contributed by atoms with E-state index in [9.17, 15) is 14.5 Å². The van der Waals surface area contributed by atoms with Crippen molar-refractivity contribution in [1.29, 1.82) is 0 Å². The highest BCUT2D eigenvalue weighted by Crippen LogP contribution is 2.32. The lowest BCUT2D eigenvalue weighted by Gasteiger charge is -2.10. The van der Waals surface area contributed by atoms with Crippen molar-refractivity contribution in [1.82, 2.24) is 4.98 Å². The quantitative estimate of drug-likeness (QED) is 0.484. The van der Waals surface area contributed by atoms with Gasteiger partial charge in [0, 0.05) is 23.4 Å². The highest BCUT2D eigenvalue weighted by molar-refractivity contribution is 6.29. The van der Waals surface area contributed by atoms with Crippen LogP contribution in [0.15, 0.2) is 24.4 Å². The van der Waals surface area contributed by atoms with E-state index in [1.165, 1.54) is 25.3 Å². The first-order chi connectivity index (χ1) is 9.38. The molecule has 0 saturated heterocycles. The molecule has 2 aromatic rings. The van der Waals surface area contributed by atoms with Crippen LogP contribution in [-0.2, 0) is 0 Å². The first-order valence-corrected chi connectivity index (χ1v) is 6.01. The zero-order valence-corrected chi connectivity index (χ0v) is 11.4. The molecule has 0 radical (unpaired) electrons. The van der Waals surface area contributed by atoms with E-state index in [-0.39, 0.29) is 16.6 Å². The van der Waals surface area contributed by atoms with Crippen molar-refractivity contribution in [2.75, 3.05) is 0 Å². The van der Waals surface area contributed by atoms with E-state index in [1.54, 1.807) is 6.92 Å². The van der Waals surface area contributed by atoms with Crippen molar-refractivity contribution in [3.63, 3.8) is 0 Å². The fourth-order valence-electron chi connectivity index (χ4n) is 1.63. The third-order valence-electron chi connectivity index (χ3n) is 2.69. The molecule has 104 valence electrons. The van der Waals surface area contributed by atoms with Crippen LogP contribution in [0.1, 0.15) is 11.1 Å². The van der Waals surface area contributed by atoms with Crippen LogP contribution < -0.4 is 4.74 Å². The van der Waals surface area contributed by atoms with Gasteiger partial charge in [-0.15, -0.1) is 0 Å². The number of aromatic nitrogens is 1. The van der Waals surface area contributed by atoms with E-state index in [2.05, 4.69) is 4.98 Å². The molecule has 0 saturated carbocycles.